The Morgan fingerprint density at radius 1 is 1.22 bits per heavy atom. The summed E-state index contributed by atoms with van der Waals surface area (Å²) < 4.78 is 20.9. The molecule has 0 unspecified atom stereocenters. The second-order valence-corrected chi connectivity index (χ2v) is 6.68. The van der Waals surface area contributed by atoms with E-state index in [-0.39, 0.29) is 5.02 Å². The second-order valence-electron chi connectivity index (χ2n) is 6.27. The number of hydrogen-bond acceptors (Lipinski definition) is 6. The van der Waals surface area contributed by atoms with E-state index in [0.29, 0.717) is 10.3 Å². The third-order valence-corrected chi connectivity index (χ3v) is 4.21. The molecule has 144 valence electrons. The van der Waals surface area contributed by atoms with Crippen molar-refractivity contribution in [3.05, 3.63) is 61.1 Å². The van der Waals surface area contributed by atoms with Gasteiger partial charge in [-0.25, -0.2) is 18.5 Å². The Morgan fingerprint density at radius 3 is 2.37 bits per heavy atom. The summed E-state index contributed by atoms with van der Waals surface area (Å²) in [7, 11) is 1.39. The smallest absolute Gasteiger partial charge is 0.340 e. The summed E-state index contributed by atoms with van der Waals surface area (Å²) in [6.07, 6.45) is 0. The number of aromatic nitrogens is 2. The van der Waals surface area contributed by atoms with Crippen molar-refractivity contribution in [2.45, 2.75) is 26.4 Å². The molecule has 27 heavy (non-hydrogen) atoms. The predicted octanol–water partition coefficient (Wildman–Crippen LogP) is 0.322. The maximum atomic E-state index is 14.4. The zero-order valence-corrected chi connectivity index (χ0v) is 15.6. The second kappa shape index (κ2) is 6.99. The number of hydrogen-bond donors (Lipinski definition) is 0. The highest BCUT2D eigenvalue weighted by Gasteiger charge is 2.27. The number of carboxylic acid groups (broad SMARTS) is 1. The Morgan fingerprint density at radius 2 is 1.81 bits per heavy atom. The Balaban J connectivity index is 2.67. The molecular formula is C17H15ClFN2O6-. The van der Waals surface area contributed by atoms with E-state index in [0.717, 1.165) is 36.6 Å². The summed E-state index contributed by atoms with van der Waals surface area (Å²) in [6.45, 7) is 3.69. The van der Waals surface area contributed by atoms with Gasteiger partial charge in [-0.05, 0) is 32.9 Å². The standard InChI is InChI=1S/C17H16ClFN2O6/c1-8-5-13(22)21(16(26)20(8)4)12-6-9(10(18)7-11(12)19)14(23)27-17(2,3)15(24)25/h5-7H,1-4H3,(H,24,25)/p-1. The van der Waals surface area contributed by atoms with Crippen LogP contribution in [0.25, 0.3) is 5.69 Å². The summed E-state index contributed by atoms with van der Waals surface area (Å²) in [5.41, 5.74) is -4.22. The lowest BCUT2D eigenvalue weighted by atomic mass is 10.1. The molecule has 0 aliphatic carbocycles. The minimum absolute atomic E-state index is 0.353. The van der Waals surface area contributed by atoms with Gasteiger partial charge in [0.05, 0.1) is 22.2 Å². The molecule has 0 saturated heterocycles. The molecule has 0 N–H and O–H groups in total. The number of benzene rings is 1. The number of esters is 1. The molecular weight excluding hydrogens is 383 g/mol. The van der Waals surface area contributed by atoms with Gasteiger partial charge in [-0.3, -0.25) is 4.79 Å². The van der Waals surface area contributed by atoms with E-state index in [2.05, 4.69) is 0 Å². The van der Waals surface area contributed by atoms with Crippen LogP contribution in [-0.2, 0) is 16.6 Å². The first kappa shape index (κ1) is 20.4. The van der Waals surface area contributed by atoms with Gasteiger partial charge in [0, 0.05) is 18.8 Å². The zero-order chi connectivity index (χ0) is 20.7. The Kier molecular flexibility index (Phi) is 5.28. The highest BCUT2D eigenvalue weighted by Crippen LogP contribution is 2.24. The maximum absolute atomic E-state index is 14.4. The molecule has 0 aliphatic rings. The number of rotatable bonds is 4. The van der Waals surface area contributed by atoms with Crippen molar-refractivity contribution in [3.63, 3.8) is 0 Å². The number of halogens is 2. The molecule has 0 spiro atoms. The van der Waals surface area contributed by atoms with Crippen LogP contribution in [0.15, 0.2) is 27.8 Å². The van der Waals surface area contributed by atoms with Gasteiger partial charge in [-0.1, -0.05) is 11.6 Å². The number of nitrogens with zero attached hydrogens (tertiary/aromatic N) is 2. The fourth-order valence-corrected chi connectivity index (χ4v) is 2.38. The van der Waals surface area contributed by atoms with Crippen LogP contribution in [0.1, 0.15) is 29.9 Å². The molecule has 0 fully saturated rings. The molecule has 10 heteroatoms. The van der Waals surface area contributed by atoms with Gasteiger partial charge in [-0.2, -0.15) is 0 Å². The van der Waals surface area contributed by atoms with Gasteiger partial charge in [-0.15, -0.1) is 0 Å². The van der Waals surface area contributed by atoms with Crippen molar-refractivity contribution in [2.24, 2.45) is 7.05 Å². The lowest BCUT2D eigenvalue weighted by Crippen LogP contribution is -2.47. The van der Waals surface area contributed by atoms with Gasteiger partial charge in [0.1, 0.15) is 11.4 Å². The van der Waals surface area contributed by atoms with Gasteiger partial charge >= 0.3 is 11.7 Å². The normalized spacial score (nSPS) is 11.3. The zero-order valence-electron chi connectivity index (χ0n) is 14.8. The van der Waals surface area contributed by atoms with Crippen LogP contribution in [0, 0.1) is 12.7 Å². The lowest BCUT2D eigenvalue weighted by Gasteiger charge is -2.26. The number of aryl methyl sites for hydroxylation is 1. The predicted molar refractivity (Wildman–Crippen MR) is 91.5 cm³/mol. The van der Waals surface area contributed by atoms with Gasteiger partial charge in [0.2, 0.25) is 0 Å². The number of aliphatic carboxylic acids is 1. The first-order chi connectivity index (χ1) is 12.4. The highest BCUT2D eigenvalue weighted by atomic mass is 35.5. The van der Waals surface area contributed by atoms with Crippen LogP contribution in [0.2, 0.25) is 5.02 Å². The summed E-state index contributed by atoms with van der Waals surface area (Å²) in [5, 5.41) is 10.6. The third-order valence-electron chi connectivity index (χ3n) is 3.90. The third kappa shape index (κ3) is 3.77. The molecule has 0 aliphatic heterocycles. The quantitative estimate of drug-likeness (QED) is 0.687. The number of carboxylic acids is 1. The van der Waals surface area contributed by atoms with E-state index < -0.39 is 45.9 Å². The van der Waals surface area contributed by atoms with Crippen molar-refractivity contribution in [1.82, 2.24) is 9.13 Å². The fourth-order valence-electron chi connectivity index (χ4n) is 2.15. The minimum Gasteiger partial charge on any atom is -0.546 e. The molecule has 0 saturated carbocycles. The molecule has 1 heterocycles. The first-order valence-corrected chi connectivity index (χ1v) is 7.98. The van der Waals surface area contributed by atoms with E-state index in [1.165, 1.54) is 14.0 Å². The van der Waals surface area contributed by atoms with Gasteiger partial charge in [0.25, 0.3) is 5.56 Å². The molecule has 2 rings (SSSR count). The summed E-state index contributed by atoms with van der Waals surface area (Å²) in [4.78, 5) is 47.9. The summed E-state index contributed by atoms with van der Waals surface area (Å²) in [6, 6.07) is 2.70. The fraction of sp³-hybridized carbons (Fsp3) is 0.294. The van der Waals surface area contributed by atoms with Crippen LogP contribution in [-0.4, -0.2) is 26.7 Å². The van der Waals surface area contributed by atoms with Crippen LogP contribution in [0.3, 0.4) is 0 Å². The molecule has 0 radical (unpaired) electrons. The Labute approximate surface area is 157 Å². The molecule has 2 aromatic rings. The Bertz CT molecular complexity index is 1070. The SMILES string of the molecule is Cc1cc(=O)n(-c2cc(C(=O)OC(C)(C)C(=O)[O-])c(Cl)cc2F)c(=O)n1C. The van der Waals surface area contributed by atoms with Crippen molar-refractivity contribution < 1.29 is 23.8 Å². The van der Waals surface area contributed by atoms with E-state index in [9.17, 15) is 28.7 Å². The van der Waals surface area contributed by atoms with Crippen molar-refractivity contribution >= 4 is 23.5 Å². The van der Waals surface area contributed by atoms with E-state index >= 15 is 0 Å². The molecule has 0 amide bonds. The van der Waals surface area contributed by atoms with Crippen LogP contribution < -0.4 is 16.4 Å². The van der Waals surface area contributed by atoms with Crippen LogP contribution in [0.4, 0.5) is 4.39 Å². The molecule has 0 bridgehead atoms. The van der Waals surface area contributed by atoms with Gasteiger partial charge in [0.15, 0.2) is 0 Å². The van der Waals surface area contributed by atoms with E-state index in [1.807, 2.05) is 0 Å². The summed E-state index contributed by atoms with van der Waals surface area (Å²) >= 11 is 5.85. The molecule has 0 atom stereocenters. The highest BCUT2D eigenvalue weighted by molar-refractivity contribution is 6.33. The monoisotopic (exact) mass is 397 g/mol. The number of ether oxygens (including phenoxy) is 1. The van der Waals surface area contributed by atoms with E-state index in [1.54, 1.807) is 0 Å². The average molecular weight is 398 g/mol. The maximum Gasteiger partial charge on any atom is 0.340 e. The number of carbonyl (C=O) groups excluding carboxylic acids is 2. The van der Waals surface area contributed by atoms with Crippen LogP contribution in [0.5, 0.6) is 0 Å². The lowest BCUT2D eigenvalue weighted by molar-refractivity contribution is -0.321. The van der Waals surface area contributed by atoms with Crippen molar-refractivity contribution in [1.29, 1.82) is 0 Å². The number of carbonyl (C=O) groups is 2. The minimum atomic E-state index is -1.98. The van der Waals surface area contributed by atoms with Crippen molar-refractivity contribution in [3.8, 4) is 5.69 Å². The van der Waals surface area contributed by atoms with Crippen molar-refractivity contribution in [2.75, 3.05) is 0 Å². The summed E-state index contributed by atoms with van der Waals surface area (Å²) in [5.74, 6) is -3.87. The average Bonchev–Trinajstić information content (AvgIpc) is 2.54. The van der Waals surface area contributed by atoms with Gasteiger partial charge < -0.3 is 19.2 Å². The largest absolute Gasteiger partial charge is 0.546 e. The topological polar surface area (TPSA) is 110 Å². The molecule has 1 aromatic carbocycles. The Hall–Kier alpha value is -2.94. The van der Waals surface area contributed by atoms with Crippen LogP contribution >= 0.6 is 11.6 Å². The first-order valence-electron chi connectivity index (χ1n) is 7.60. The molecule has 1 aromatic heterocycles. The van der Waals surface area contributed by atoms with E-state index in [4.69, 9.17) is 16.3 Å². The molecule has 8 nitrogen and oxygen atoms in total.